The van der Waals surface area contributed by atoms with E-state index in [0.717, 1.165) is 4.47 Å². The summed E-state index contributed by atoms with van der Waals surface area (Å²) in [4.78, 5) is 19.0. The normalized spacial score (nSPS) is 10.8. The Morgan fingerprint density at radius 3 is 2.76 bits per heavy atom. The molecule has 106 valence electrons. The highest BCUT2D eigenvalue weighted by Crippen LogP contribution is 2.27. The Balaban J connectivity index is 2.18. The third kappa shape index (κ3) is 2.47. The third-order valence-electron chi connectivity index (χ3n) is 3.08. The minimum Gasteiger partial charge on any atom is -0.493 e. The van der Waals surface area contributed by atoms with Gasteiger partial charge in [0.25, 0.3) is 5.56 Å². The van der Waals surface area contributed by atoms with Crippen LogP contribution >= 0.6 is 15.9 Å². The lowest BCUT2D eigenvalue weighted by molar-refractivity contribution is 0.454. The fourth-order valence-electron chi connectivity index (χ4n) is 2.09. The van der Waals surface area contributed by atoms with Crippen molar-refractivity contribution < 1.29 is 5.11 Å². The number of aryl methyl sites for hydroxylation is 1. The van der Waals surface area contributed by atoms with Crippen LogP contribution in [0.15, 0.2) is 45.8 Å². The number of hydrogen-bond acceptors (Lipinski definition) is 4. The summed E-state index contributed by atoms with van der Waals surface area (Å²) < 4.78 is 2.38. The summed E-state index contributed by atoms with van der Waals surface area (Å²) in [6.45, 7) is 0. The molecular formula is C14H11BrN4O2. The Bertz CT molecular complexity index is 869. The third-order valence-corrected chi connectivity index (χ3v) is 3.57. The van der Waals surface area contributed by atoms with Crippen molar-refractivity contribution in [2.24, 2.45) is 7.05 Å². The fraction of sp³-hybridized carbons (Fsp3) is 0.0714. The van der Waals surface area contributed by atoms with Crippen molar-refractivity contribution in [1.82, 2.24) is 19.7 Å². The zero-order valence-corrected chi connectivity index (χ0v) is 12.6. The highest BCUT2D eigenvalue weighted by molar-refractivity contribution is 9.10. The Morgan fingerprint density at radius 1 is 1.33 bits per heavy atom. The van der Waals surface area contributed by atoms with Gasteiger partial charge in [0.15, 0.2) is 5.82 Å². The predicted molar refractivity (Wildman–Crippen MR) is 81.9 cm³/mol. The summed E-state index contributed by atoms with van der Waals surface area (Å²) >= 11 is 3.34. The first-order valence-electron chi connectivity index (χ1n) is 6.14. The summed E-state index contributed by atoms with van der Waals surface area (Å²) in [6, 6.07) is 8.81. The first-order valence-corrected chi connectivity index (χ1v) is 6.93. The first kappa shape index (κ1) is 13.6. The van der Waals surface area contributed by atoms with E-state index in [9.17, 15) is 9.90 Å². The van der Waals surface area contributed by atoms with Gasteiger partial charge in [0.05, 0.1) is 0 Å². The lowest BCUT2D eigenvalue weighted by Gasteiger charge is -2.06. The SMILES string of the molecule is Cn1nccc1-c1nc(O)c(-c2cccc(Br)c2)c(=O)[nH]1. The number of hydrogen-bond donors (Lipinski definition) is 2. The molecule has 21 heavy (non-hydrogen) atoms. The maximum absolute atomic E-state index is 12.3. The topological polar surface area (TPSA) is 83.8 Å². The van der Waals surface area contributed by atoms with Gasteiger partial charge >= 0.3 is 0 Å². The Kier molecular flexibility index (Phi) is 3.34. The molecule has 0 bridgehead atoms. The van der Waals surface area contributed by atoms with Gasteiger partial charge in [0.2, 0.25) is 5.88 Å². The van der Waals surface area contributed by atoms with Crippen LogP contribution in [-0.2, 0) is 7.05 Å². The van der Waals surface area contributed by atoms with Crippen LogP contribution in [0.1, 0.15) is 0 Å². The van der Waals surface area contributed by atoms with E-state index in [4.69, 9.17) is 0 Å². The summed E-state index contributed by atoms with van der Waals surface area (Å²) in [7, 11) is 1.73. The van der Waals surface area contributed by atoms with Crippen LogP contribution in [0.25, 0.3) is 22.6 Å². The molecule has 0 radical (unpaired) electrons. The monoisotopic (exact) mass is 346 g/mol. The minimum absolute atomic E-state index is 0.141. The largest absolute Gasteiger partial charge is 0.493 e. The summed E-state index contributed by atoms with van der Waals surface area (Å²) in [5, 5.41) is 14.1. The molecule has 2 N–H and O–H groups in total. The first-order chi connectivity index (χ1) is 10.1. The molecule has 2 heterocycles. The van der Waals surface area contributed by atoms with Gasteiger partial charge in [0.1, 0.15) is 11.3 Å². The van der Waals surface area contributed by atoms with E-state index in [1.54, 1.807) is 42.2 Å². The van der Waals surface area contributed by atoms with Crippen LogP contribution in [-0.4, -0.2) is 24.9 Å². The summed E-state index contributed by atoms with van der Waals surface area (Å²) in [5.41, 5.74) is 0.939. The predicted octanol–water partition coefficient (Wildman–Crippen LogP) is 2.31. The molecule has 0 aliphatic carbocycles. The highest BCUT2D eigenvalue weighted by atomic mass is 79.9. The number of H-pyrrole nitrogens is 1. The maximum atomic E-state index is 12.3. The number of aromatic hydroxyl groups is 1. The van der Waals surface area contributed by atoms with Crippen LogP contribution in [0.2, 0.25) is 0 Å². The van der Waals surface area contributed by atoms with Crippen molar-refractivity contribution >= 4 is 15.9 Å². The number of aromatic amines is 1. The molecule has 0 amide bonds. The van der Waals surface area contributed by atoms with Gasteiger partial charge in [-0.05, 0) is 23.8 Å². The Labute approximate surface area is 128 Å². The minimum atomic E-state index is -0.406. The molecule has 0 spiro atoms. The second-order valence-electron chi connectivity index (χ2n) is 4.46. The number of halogens is 1. The zero-order chi connectivity index (χ0) is 15.0. The molecule has 6 nitrogen and oxygen atoms in total. The molecule has 3 aromatic rings. The van der Waals surface area contributed by atoms with Gasteiger partial charge in [-0.3, -0.25) is 9.48 Å². The molecule has 0 atom stereocenters. The summed E-state index contributed by atoms with van der Waals surface area (Å²) in [6.07, 6.45) is 1.59. The molecule has 0 fully saturated rings. The fourth-order valence-corrected chi connectivity index (χ4v) is 2.49. The molecule has 0 saturated heterocycles. The number of aromatic nitrogens is 4. The number of rotatable bonds is 2. The molecule has 3 rings (SSSR count). The van der Waals surface area contributed by atoms with Crippen molar-refractivity contribution in [3.05, 3.63) is 51.4 Å². The Hall–Kier alpha value is -2.41. The molecule has 2 aromatic heterocycles. The van der Waals surface area contributed by atoms with E-state index in [0.29, 0.717) is 11.3 Å². The average molecular weight is 347 g/mol. The van der Waals surface area contributed by atoms with E-state index < -0.39 is 5.56 Å². The molecule has 1 aromatic carbocycles. The number of benzene rings is 1. The van der Waals surface area contributed by atoms with Gasteiger partial charge in [-0.25, -0.2) is 0 Å². The van der Waals surface area contributed by atoms with E-state index >= 15 is 0 Å². The van der Waals surface area contributed by atoms with Crippen LogP contribution in [0.4, 0.5) is 0 Å². The van der Waals surface area contributed by atoms with Gasteiger partial charge < -0.3 is 10.1 Å². The summed E-state index contributed by atoms with van der Waals surface area (Å²) in [5.74, 6) is -0.0377. The van der Waals surface area contributed by atoms with Crippen molar-refractivity contribution in [1.29, 1.82) is 0 Å². The van der Waals surface area contributed by atoms with Gasteiger partial charge in [-0.1, -0.05) is 28.1 Å². The van der Waals surface area contributed by atoms with Crippen LogP contribution < -0.4 is 5.56 Å². The van der Waals surface area contributed by atoms with Crippen molar-refractivity contribution in [2.75, 3.05) is 0 Å². The van der Waals surface area contributed by atoms with Crippen molar-refractivity contribution in [3.8, 4) is 28.5 Å². The van der Waals surface area contributed by atoms with E-state index in [1.807, 2.05) is 6.07 Å². The molecule has 0 aliphatic rings. The maximum Gasteiger partial charge on any atom is 0.262 e. The molecule has 0 aliphatic heterocycles. The number of nitrogens with zero attached hydrogens (tertiary/aromatic N) is 3. The van der Waals surface area contributed by atoms with Crippen LogP contribution in [0.5, 0.6) is 5.88 Å². The smallest absolute Gasteiger partial charge is 0.262 e. The molecular weight excluding hydrogens is 336 g/mol. The number of nitrogens with one attached hydrogen (secondary N) is 1. The van der Waals surface area contributed by atoms with E-state index in [-0.39, 0.29) is 17.3 Å². The quantitative estimate of drug-likeness (QED) is 0.745. The average Bonchev–Trinajstić information content (AvgIpc) is 2.84. The van der Waals surface area contributed by atoms with Crippen molar-refractivity contribution in [2.45, 2.75) is 0 Å². The lowest BCUT2D eigenvalue weighted by atomic mass is 10.1. The second-order valence-corrected chi connectivity index (χ2v) is 5.38. The van der Waals surface area contributed by atoms with Crippen LogP contribution in [0, 0.1) is 0 Å². The second kappa shape index (κ2) is 5.17. The van der Waals surface area contributed by atoms with Gasteiger partial charge in [-0.15, -0.1) is 0 Å². The molecule has 7 heteroatoms. The highest BCUT2D eigenvalue weighted by Gasteiger charge is 2.15. The molecule has 0 saturated carbocycles. The lowest BCUT2D eigenvalue weighted by Crippen LogP contribution is -2.13. The van der Waals surface area contributed by atoms with Gasteiger partial charge in [0, 0.05) is 17.7 Å². The van der Waals surface area contributed by atoms with Gasteiger partial charge in [-0.2, -0.15) is 10.1 Å². The Morgan fingerprint density at radius 2 is 2.14 bits per heavy atom. The van der Waals surface area contributed by atoms with Crippen LogP contribution in [0.3, 0.4) is 0 Å². The van der Waals surface area contributed by atoms with Crippen molar-refractivity contribution in [3.63, 3.8) is 0 Å². The molecule has 0 unspecified atom stereocenters. The van der Waals surface area contributed by atoms with E-state index in [2.05, 4.69) is 31.0 Å². The zero-order valence-electron chi connectivity index (χ0n) is 11.0. The van der Waals surface area contributed by atoms with E-state index in [1.165, 1.54) is 0 Å². The standard InChI is InChI=1S/C14H11BrN4O2/c1-19-10(5-6-16-19)12-17-13(20)11(14(21)18-12)8-3-2-4-9(15)7-8/h2-7H,1H3,(H2,17,18,20,21).